The number of carbonyl (C=O) groups is 1. The molecule has 336 valence electrons. The molecule has 0 aromatic carbocycles. The van der Waals surface area contributed by atoms with E-state index in [1.807, 2.05) is 0 Å². The first-order chi connectivity index (χ1) is 27.7. The number of aliphatic carboxylic acids is 1. The Kier molecular flexibility index (Phi) is 50.1. The summed E-state index contributed by atoms with van der Waals surface area (Å²) in [5.74, 6) is -0.650. The van der Waals surface area contributed by atoms with Crippen molar-refractivity contribution in [3.05, 3.63) is 0 Å². The SMILES string of the molecule is CCCCCCCCCCCCCCCCCCCCCCCCCCCCC(CCCCCCCCCCCCCCCCCCCCCCCC)C(=O)O. The van der Waals surface area contributed by atoms with Crippen LogP contribution in [0.2, 0.25) is 0 Å². The van der Waals surface area contributed by atoms with E-state index in [0.717, 1.165) is 25.7 Å². The zero-order valence-electron chi connectivity index (χ0n) is 39.3. The largest absolute Gasteiger partial charge is 0.481 e. The molecule has 0 spiro atoms. The number of rotatable bonds is 51. The molecular formula is C54H108O2. The Labute approximate surface area is 355 Å². The summed E-state index contributed by atoms with van der Waals surface area (Å²) in [5.41, 5.74) is 0. The Morgan fingerprint density at radius 2 is 0.375 bits per heavy atom. The second-order valence-corrected chi connectivity index (χ2v) is 18.9. The number of hydrogen-bond donors (Lipinski definition) is 1. The summed E-state index contributed by atoms with van der Waals surface area (Å²) in [4.78, 5) is 11.8. The molecule has 0 amide bonds. The third kappa shape index (κ3) is 47.8. The Balaban J connectivity index is 3.31. The molecule has 0 rings (SSSR count). The molecule has 0 heterocycles. The average Bonchev–Trinajstić information content (AvgIpc) is 3.20. The minimum absolute atomic E-state index is 0.102. The van der Waals surface area contributed by atoms with Crippen LogP contribution in [0.4, 0.5) is 0 Å². The van der Waals surface area contributed by atoms with Gasteiger partial charge in [-0.05, 0) is 12.8 Å². The number of unbranched alkanes of at least 4 members (excludes halogenated alkanes) is 46. The Hall–Kier alpha value is -0.530. The van der Waals surface area contributed by atoms with E-state index in [2.05, 4.69) is 13.8 Å². The topological polar surface area (TPSA) is 37.3 Å². The van der Waals surface area contributed by atoms with Gasteiger partial charge in [-0.25, -0.2) is 0 Å². The lowest BCUT2D eigenvalue weighted by atomic mass is 9.94. The Morgan fingerprint density at radius 1 is 0.250 bits per heavy atom. The standard InChI is InChI=1S/C54H108O2/c1-3-5-7-9-11-13-15-17-19-21-23-25-27-28-29-30-32-34-36-38-40-42-44-46-48-50-52-53(54(55)56)51-49-47-45-43-41-39-37-35-33-31-26-24-22-20-18-16-14-12-10-8-6-4-2/h53H,3-52H2,1-2H3,(H,55,56). The van der Waals surface area contributed by atoms with Crippen LogP contribution in [0.25, 0.3) is 0 Å². The molecule has 0 aliphatic rings. The van der Waals surface area contributed by atoms with Crippen molar-refractivity contribution < 1.29 is 9.90 Å². The summed E-state index contributed by atoms with van der Waals surface area (Å²) in [6.45, 7) is 4.61. The predicted octanol–water partition coefficient (Wildman–Crippen LogP) is 20.2. The van der Waals surface area contributed by atoms with E-state index in [9.17, 15) is 9.90 Å². The van der Waals surface area contributed by atoms with Crippen LogP contribution < -0.4 is 0 Å². The molecule has 1 unspecified atom stereocenters. The summed E-state index contributed by atoms with van der Waals surface area (Å²) in [6, 6.07) is 0. The highest BCUT2D eigenvalue weighted by Crippen LogP contribution is 2.21. The fourth-order valence-corrected chi connectivity index (χ4v) is 9.10. The lowest BCUT2D eigenvalue weighted by Gasteiger charge is -2.12. The molecule has 0 aliphatic carbocycles. The van der Waals surface area contributed by atoms with E-state index in [0.29, 0.717) is 0 Å². The maximum atomic E-state index is 11.8. The average molecular weight is 789 g/mol. The lowest BCUT2D eigenvalue weighted by Crippen LogP contribution is -2.13. The van der Waals surface area contributed by atoms with Crippen molar-refractivity contribution in [1.82, 2.24) is 0 Å². The van der Waals surface area contributed by atoms with Gasteiger partial charge in [0.05, 0.1) is 5.92 Å². The predicted molar refractivity (Wildman–Crippen MR) is 253 cm³/mol. The third-order valence-corrected chi connectivity index (χ3v) is 13.2. The molecule has 56 heavy (non-hydrogen) atoms. The van der Waals surface area contributed by atoms with Gasteiger partial charge in [-0.1, -0.05) is 322 Å². The number of carboxylic acid groups (broad SMARTS) is 1. The van der Waals surface area contributed by atoms with Crippen LogP contribution in [0.3, 0.4) is 0 Å². The molecule has 2 nitrogen and oxygen atoms in total. The van der Waals surface area contributed by atoms with Gasteiger partial charge >= 0.3 is 5.97 Å². The maximum Gasteiger partial charge on any atom is 0.306 e. The van der Waals surface area contributed by atoms with E-state index in [4.69, 9.17) is 0 Å². The summed E-state index contributed by atoms with van der Waals surface area (Å²) in [7, 11) is 0. The van der Waals surface area contributed by atoms with Crippen molar-refractivity contribution in [2.24, 2.45) is 5.92 Å². The van der Waals surface area contributed by atoms with E-state index in [1.165, 1.54) is 295 Å². The molecule has 0 saturated carbocycles. The van der Waals surface area contributed by atoms with Crippen LogP contribution in [0.15, 0.2) is 0 Å². The van der Waals surface area contributed by atoms with Crippen LogP contribution in [-0.4, -0.2) is 11.1 Å². The molecule has 0 aromatic heterocycles. The number of carboxylic acids is 1. The molecule has 0 saturated heterocycles. The second kappa shape index (κ2) is 50.6. The molecule has 1 atom stereocenters. The highest BCUT2D eigenvalue weighted by atomic mass is 16.4. The monoisotopic (exact) mass is 789 g/mol. The minimum Gasteiger partial charge on any atom is -0.481 e. The quantitative estimate of drug-likeness (QED) is 0.0623. The molecule has 2 heteroatoms. The van der Waals surface area contributed by atoms with Crippen LogP contribution >= 0.6 is 0 Å². The Morgan fingerprint density at radius 3 is 0.500 bits per heavy atom. The molecule has 0 bridgehead atoms. The van der Waals surface area contributed by atoms with Crippen LogP contribution in [0.5, 0.6) is 0 Å². The van der Waals surface area contributed by atoms with Gasteiger partial charge < -0.3 is 5.11 Å². The van der Waals surface area contributed by atoms with Crippen LogP contribution in [0.1, 0.15) is 335 Å². The zero-order valence-corrected chi connectivity index (χ0v) is 39.3. The van der Waals surface area contributed by atoms with E-state index in [1.54, 1.807) is 0 Å². The van der Waals surface area contributed by atoms with E-state index in [-0.39, 0.29) is 5.92 Å². The van der Waals surface area contributed by atoms with Crippen molar-refractivity contribution in [3.63, 3.8) is 0 Å². The van der Waals surface area contributed by atoms with Crippen molar-refractivity contribution in [1.29, 1.82) is 0 Å². The fraction of sp³-hybridized carbons (Fsp3) is 0.981. The van der Waals surface area contributed by atoms with Crippen molar-refractivity contribution in [2.75, 3.05) is 0 Å². The van der Waals surface area contributed by atoms with Gasteiger partial charge in [0.2, 0.25) is 0 Å². The van der Waals surface area contributed by atoms with Gasteiger partial charge in [0.15, 0.2) is 0 Å². The minimum atomic E-state index is -0.548. The summed E-state index contributed by atoms with van der Waals surface area (Å²) >= 11 is 0. The maximum absolute atomic E-state index is 11.8. The smallest absolute Gasteiger partial charge is 0.306 e. The van der Waals surface area contributed by atoms with Crippen molar-refractivity contribution in [2.45, 2.75) is 335 Å². The van der Waals surface area contributed by atoms with Gasteiger partial charge in [-0.15, -0.1) is 0 Å². The normalized spacial score (nSPS) is 12.2. The van der Waals surface area contributed by atoms with Crippen molar-refractivity contribution >= 4 is 5.97 Å². The fourth-order valence-electron chi connectivity index (χ4n) is 9.10. The summed E-state index contributed by atoms with van der Waals surface area (Å²) in [5, 5.41) is 9.74. The first kappa shape index (κ1) is 55.5. The second-order valence-electron chi connectivity index (χ2n) is 18.9. The van der Waals surface area contributed by atoms with Gasteiger partial charge in [0.1, 0.15) is 0 Å². The Bertz CT molecular complexity index is 703. The highest BCUT2D eigenvalue weighted by molar-refractivity contribution is 5.69. The van der Waals surface area contributed by atoms with Gasteiger partial charge in [-0.2, -0.15) is 0 Å². The molecular weight excluding hydrogens is 681 g/mol. The van der Waals surface area contributed by atoms with Crippen LogP contribution in [-0.2, 0) is 4.79 Å². The first-order valence-corrected chi connectivity index (χ1v) is 26.9. The summed E-state index contributed by atoms with van der Waals surface area (Å²) in [6.07, 6.45) is 69.5. The van der Waals surface area contributed by atoms with Gasteiger partial charge in [0.25, 0.3) is 0 Å². The van der Waals surface area contributed by atoms with Gasteiger partial charge in [0, 0.05) is 0 Å². The lowest BCUT2D eigenvalue weighted by molar-refractivity contribution is -0.142. The molecule has 1 N–H and O–H groups in total. The molecule has 0 aromatic rings. The van der Waals surface area contributed by atoms with E-state index < -0.39 is 5.97 Å². The molecule has 0 aliphatic heterocycles. The highest BCUT2D eigenvalue weighted by Gasteiger charge is 2.16. The van der Waals surface area contributed by atoms with Gasteiger partial charge in [-0.3, -0.25) is 4.79 Å². The van der Waals surface area contributed by atoms with Crippen molar-refractivity contribution in [3.8, 4) is 0 Å². The molecule has 0 radical (unpaired) electrons. The third-order valence-electron chi connectivity index (χ3n) is 13.2. The van der Waals surface area contributed by atoms with E-state index >= 15 is 0 Å². The van der Waals surface area contributed by atoms with Crippen LogP contribution in [0, 0.1) is 5.92 Å². The number of hydrogen-bond acceptors (Lipinski definition) is 1. The zero-order chi connectivity index (χ0) is 40.5. The summed E-state index contributed by atoms with van der Waals surface area (Å²) < 4.78 is 0. The molecule has 0 fully saturated rings. The first-order valence-electron chi connectivity index (χ1n) is 26.9.